The molecule has 7 heteroatoms. The molecule has 0 unspecified atom stereocenters. The molecule has 0 spiro atoms. The van der Waals surface area contributed by atoms with Crippen LogP contribution in [-0.4, -0.2) is 24.7 Å². The normalized spacial score (nSPS) is 10.7. The number of methoxy groups -OCH3 is 1. The van der Waals surface area contributed by atoms with Crippen molar-refractivity contribution < 1.29 is 9.53 Å². The van der Waals surface area contributed by atoms with Crippen molar-refractivity contribution in [2.24, 2.45) is 0 Å². The van der Waals surface area contributed by atoms with E-state index in [-0.39, 0.29) is 0 Å². The second-order valence-electron chi connectivity index (χ2n) is 5.74. The Balaban J connectivity index is 1.93. The van der Waals surface area contributed by atoms with Crippen LogP contribution in [0.4, 0.5) is 5.69 Å². The lowest BCUT2D eigenvalue weighted by molar-refractivity contribution is 0.0606. The standard InChI is InChI=1S/C18H23ClN2O2S2/c1-3-4-5-6-7-10-20-18(24)21-12-8-9-13-14(11-12)25-16(15(13)19)17(22)23-2/h8-9,11H,3-7,10H2,1-2H3,(H2,20,21,24). The Labute approximate surface area is 162 Å². The van der Waals surface area contributed by atoms with Crippen molar-refractivity contribution in [1.82, 2.24) is 5.32 Å². The molecule has 2 N–H and O–H groups in total. The molecule has 0 aliphatic carbocycles. The van der Waals surface area contributed by atoms with Crippen molar-refractivity contribution in [3.8, 4) is 0 Å². The summed E-state index contributed by atoms with van der Waals surface area (Å²) in [5.41, 5.74) is 0.866. The summed E-state index contributed by atoms with van der Waals surface area (Å²) in [7, 11) is 1.35. The number of nitrogens with one attached hydrogen (secondary N) is 2. The van der Waals surface area contributed by atoms with Gasteiger partial charge >= 0.3 is 5.97 Å². The zero-order valence-electron chi connectivity index (χ0n) is 14.5. The Morgan fingerprint density at radius 1 is 1.28 bits per heavy atom. The number of ether oxygens (including phenoxy) is 1. The van der Waals surface area contributed by atoms with Gasteiger partial charge in [0, 0.05) is 22.3 Å². The zero-order chi connectivity index (χ0) is 18.2. The number of rotatable bonds is 8. The quantitative estimate of drug-likeness (QED) is 0.344. The summed E-state index contributed by atoms with van der Waals surface area (Å²) in [5, 5.41) is 8.28. The monoisotopic (exact) mass is 398 g/mol. The minimum Gasteiger partial charge on any atom is -0.465 e. The number of anilines is 1. The number of halogens is 1. The summed E-state index contributed by atoms with van der Waals surface area (Å²) in [6, 6.07) is 5.72. The van der Waals surface area contributed by atoms with Crippen molar-refractivity contribution in [1.29, 1.82) is 0 Å². The highest BCUT2D eigenvalue weighted by Crippen LogP contribution is 2.37. The van der Waals surface area contributed by atoms with E-state index in [2.05, 4.69) is 17.6 Å². The van der Waals surface area contributed by atoms with Gasteiger partial charge in [-0.1, -0.05) is 44.2 Å². The van der Waals surface area contributed by atoms with Gasteiger partial charge in [0.1, 0.15) is 4.88 Å². The average Bonchev–Trinajstić information content (AvgIpc) is 2.93. The first kappa shape index (κ1) is 19.9. The third-order valence-corrected chi connectivity index (χ3v) is 5.71. The van der Waals surface area contributed by atoms with Gasteiger partial charge in [-0.05, 0) is 36.8 Å². The summed E-state index contributed by atoms with van der Waals surface area (Å²) in [5.74, 6) is -0.416. The maximum atomic E-state index is 11.7. The first-order valence-corrected chi connectivity index (χ1v) is 10.0. The maximum absolute atomic E-state index is 11.7. The molecular weight excluding hydrogens is 376 g/mol. The minimum absolute atomic E-state index is 0.416. The number of esters is 1. The Morgan fingerprint density at radius 2 is 2.04 bits per heavy atom. The molecule has 136 valence electrons. The molecule has 1 heterocycles. The largest absolute Gasteiger partial charge is 0.465 e. The molecule has 2 rings (SSSR count). The molecule has 1 aromatic heterocycles. The van der Waals surface area contributed by atoms with Gasteiger partial charge in [0.05, 0.1) is 12.1 Å². The lowest BCUT2D eigenvalue weighted by Gasteiger charge is -2.10. The fourth-order valence-corrected chi connectivity index (χ4v) is 4.16. The summed E-state index contributed by atoms with van der Waals surface area (Å²) in [6.45, 7) is 3.08. The Kier molecular flexibility index (Phi) is 7.93. The second-order valence-corrected chi connectivity index (χ2v) is 7.58. The van der Waals surface area contributed by atoms with Crippen molar-refractivity contribution in [2.75, 3.05) is 19.0 Å². The Bertz CT molecular complexity index is 746. The molecule has 0 atom stereocenters. The van der Waals surface area contributed by atoms with E-state index >= 15 is 0 Å². The van der Waals surface area contributed by atoms with Crippen LogP contribution in [0.1, 0.15) is 48.7 Å². The SMILES string of the molecule is CCCCCCCNC(=S)Nc1ccc2c(Cl)c(C(=O)OC)sc2c1. The van der Waals surface area contributed by atoms with Gasteiger partial charge in [-0.15, -0.1) is 11.3 Å². The number of fused-ring (bicyclic) bond motifs is 1. The van der Waals surface area contributed by atoms with Crippen LogP contribution in [0.5, 0.6) is 0 Å². The van der Waals surface area contributed by atoms with Crippen LogP contribution in [0, 0.1) is 0 Å². The number of hydrogen-bond acceptors (Lipinski definition) is 4. The number of carbonyl (C=O) groups excluding carboxylic acids is 1. The summed E-state index contributed by atoms with van der Waals surface area (Å²) < 4.78 is 5.68. The van der Waals surface area contributed by atoms with E-state index < -0.39 is 5.97 Å². The van der Waals surface area contributed by atoms with Crippen molar-refractivity contribution >= 4 is 62.0 Å². The third kappa shape index (κ3) is 5.56. The molecule has 0 bridgehead atoms. The molecule has 0 fully saturated rings. The maximum Gasteiger partial charge on any atom is 0.349 e. The molecule has 0 saturated carbocycles. The fraction of sp³-hybridized carbons (Fsp3) is 0.444. The number of thiophene rings is 1. The molecule has 0 aliphatic heterocycles. The smallest absolute Gasteiger partial charge is 0.349 e. The number of unbranched alkanes of at least 4 members (excludes halogenated alkanes) is 4. The van der Waals surface area contributed by atoms with E-state index in [1.54, 1.807) is 0 Å². The van der Waals surface area contributed by atoms with Crippen LogP contribution >= 0.6 is 35.2 Å². The first-order chi connectivity index (χ1) is 12.1. The van der Waals surface area contributed by atoms with Gasteiger partial charge in [-0.25, -0.2) is 4.79 Å². The average molecular weight is 399 g/mol. The Hall–Kier alpha value is -1.37. The zero-order valence-corrected chi connectivity index (χ0v) is 16.9. The molecule has 0 amide bonds. The molecule has 4 nitrogen and oxygen atoms in total. The Morgan fingerprint density at radius 3 is 2.76 bits per heavy atom. The van der Waals surface area contributed by atoms with Crippen molar-refractivity contribution in [3.63, 3.8) is 0 Å². The van der Waals surface area contributed by atoms with Crippen LogP contribution in [0.25, 0.3) is 10.1 Å². The number of benzene rings is 1. The summed E-state index contributed by atoms with van der Waals surface area (Å²) >= 11 is 12.9. The topological polar surface area (TPSA) is 50.4 Å². The molecule has 1 aromatic carbocycles. The van der Waals surface area contributed by atoms with Crippen molar-refractivity contribution in [2.45, 2.75) is 39.0 Å². The van der Waals surface area contributed by atoms with Gasteiger partial charge in [-0.3, -0.25) is 0 Å². The molecule has 0 saturated heterocycles. The van der Waals surface area contributed by atoms with E-state index in [4.69, 9.17) is 28.6 Å². The molecular formula is C18H23ClN2O2S2. The van der Waals surface area contributed by atoms with Crippen LogP contribution in [0.3, 0.4) is 0 Å². The predicted octanol–water partition coefficient (Wildman–Crippen LogP) is 5.60. The lowest BCUT2D eigenvalue weighted by Crippen LogP contribution is -2.29. The van der Waals surface area contributed by atoms with Gasteiger partial charge < -0.3 is 15.4 Å². The van der Waals surface area contributed by atoms with Crippen LogP contribution in [0.15, 0.2) is 18.2 Å². The minimum atomic E-state index is -0.416. The number of carbonyl (C=O) groups is 1. The molecule has 25 heavy (non-hydrogen) atoms. The van der Waals surface area contributed by atoms with E-state index in [1.165, 1.54) is 44.1 Å². The van der Waals surface area contributed by atoms with E-state index in [1.807, 2.05) is 18.2 Å². The first-order valence-electron chi connectivity index (χ1n) is 8.42. The number of hydrogen-bond donors (Lipinski definition) is 2. The van der Waals surface area contributed by atoms with E-state index in [9.17, 15) is 4.79 Å². The highest BCUT2D eigenvalue weighted by atomic mass is 35.5. The number of thiocarbonyl (C=S) groups is 1. The predicted molar refractivity (Wildman–Crippen MR) is 111 cm³/mol. The van der Waals surface area contributed by atoms with E-state index in [0.717, 1.165) is 28.7 Å². The fourth-order valence-electron chi connectivity index (χ4n) is 2.47. The van der Waals surface area contributed by atoms with Gasteiger partial charge in [0.15, 0.2) is 5.11 Å². The van der Waals surface area contributed by atoms with Crippen molar-refractivity contribution in [3.05, 3.63) is 28.1 Å². The highest BCUT2D eigenvalue weighted by molar-refractivity contribution is 7.80. The molecule has 2 aromatic rings. The summed E-state index contributed by atoms with van der Waals surface area (Å²) in [4.78, 5) is 12.2. The third-order valence-electron chi connectivity index (χ3n) is 3.82. The summed E-state index contributed by atoms with van der Waals surface area (Å²) in [6.07, 6.45) is 6.15. The highest BCUT2D eigenvalue weighted by Gasteiger charge is 2.17. The molecule has 0 radical (unpaired) electrons. The second kappa shape index (κ2) is 9.94. The lowest BCUT2D eigenvalue weighted by atomic mass is 10.1. The van der Waals surface area contributed by atoms with Gasteiger partial charge in [-0.2, -0.15) is 0 Å². The van der Waals surface area contributed by atoms with Crippen LogP contribution in [0.2, 0.25) is 5.02 Å². The van der Waals surface area contributed by atoms with Gasteiger partial charge in [0.2, 0.25) is 0 Å². The van der Waals surface area contributed by atoms with Crippen LogP contribution in [-0.2, 0) is 4.74 Å². The molecule has 0 aliphatic rings. The van der Waals surface area contributed by atoms with E-state index in [0.29, 0.717) is 15.0 Å². The van der Waals surface area contributed by atoms with Crippen LogP contribution < -0.4 is 10.6 Å². The van der Waals surface area contributed by atoms with Gasteiger partial charge in [0.25, 0.3) is 0 Å².